The standard InChI is InChI=1S/C17H30N2/c1-11(2)15-14(17(5,6)7)16(12(3)4)19(18-15)10-13-8-9-13/h11-13H,8-10H2,1-7H3. The van der Waals surface area contributed by atoms with E-state index in [4.69, 9.17) is 5.10 Å². The molecule has 0 spiro atoms. The summed E-state index contributed by atoms with van der Waals surface area (Å²) in [5.41, 5.74) is 4.47. The fourth-order valence-corrected chi connectivity index (χ4v) is 2.94. The van der Waals surface area contributed by atoms with E-state index in [9.17, 15) is 0 Å². The summed E-state index contributed by atoms with van der Waals surface area (Å²) in [6.07, 6.45) is 2.78. The molecule has 1 aromatic heterocycles. The Hall–Kier alpha value is -0.790. The van der Waals surface area contributed by atoms with Crippen molar-refractivity contribution in [3.05, 3.63) is 17.0 Å². The lowest BCUT2D eigenvalue weighted by atomic mass is 9.80. The second-order valence-corrected chi connectivity index (χ2v) is 7.83. The SMILES string of the molecule is CC(C)c1nn(CC2CC2)c(C(C)C)c1C(C)(C)C. The van der Waals surface area contributed by atoms with Crippen LogP contribution < -0.4 is 0 Å². The summed E-state index contributed by atoms with van der Waals surface area (Å²) < 4.78 is 2.33. The van der Waals surface area contributed by atoms with E-state index in [0.717, 1.165) is 12.5 Å². The molecule has 0 atom stereocenters. The molecule has 0 aliphatic heterocycles. The molecule has 0 radical (unpaired) electrons. The molecule has 0 aromatic carbocycles. The monoisotopic (exact) mass is 262 g/mol. The fraction of sp³-hybridized carbons (Fsp3) is 0.824. The molecule has 2 nitrogen and oxygen atoms in total. The second-order valence-electron chi connectivity index (χ2n) is 7.83. The van der Waals surface area contributed by atoms with Gasteiger partial charge in [0, 0.05) is 17.8 Å². The highest BCUT2D eigenvalue weighted by molar-refractivity contribution is 5.36. The van der Waals surface area contributed by atoms with Crippen molar-refractivity contribution in [2.45, 2.75) is 85.1 Å². The number of rotatable bonds is 4. The minimum absolute atomic E-state index is 0.182. The van der Waals surface area contributed by atoms with Crippen LogP contribution in [0, 0.1) is 5.92 Å². The van der Waals surface area contributed by atoms with Crippen LogP contribution in [0.25, 0.3) is 0 Å². The molecule has 0 saturated heterocycles. The van der Waals surface area contributed by atoms with Crippen LogP contribution in [0.15, 0.2) is 0 Å². The van der Waals surface area contributed by atoms with Crippen LogP contribution in [-0.4, -0.2) is 9.78 Å². The van der Waals surface area contributed by atoms with E-state index < -0.39 is 0 Å². The number of hydrogen-bond donors (Lipinski definition) is 0. The zero-order valence-corrected chi connectivity index (χ0v) is 13.7. The van der Waals surface area contributed by atoms with Gasteiger partial charge in [-0.25, -0.2) is 0 Å². The second kappa shape index (κ2) is 4.96. The maximum atomic E-state index is 4.99. The van der Waals surface area contributed by atoms with Gasteiger partial charge in [-0.2, -0.15) is 5.10 Å². The zero-order chi connectivity index (χ0) is 14.4. The van der Waals surface area contributed by atoms with E-state index in [2.05, 4.69) is 53.1 Å². The summed E-state index contributed by atoms with van der Waals surface area (Å²) >= 11 is 0. The topological polar surface area (TPSA) is 17.8 Å². The van der Waals surface area contributed by atoms with Crippen LogP contribution in [0.4, 0.5) is 0 Å². The number of aromatic nitrogens is 2. The molecular weight excluding hydrogens is 232 g/mol. The first-order valence-electron chi connectivity index (χ1n) is 7.82. The Bertz CT molecular complexity index is 443. The molecule has 1 aliphatic rings. The van der Waals surface area contributed by atoms with Crippen molar-refractivity contribution in [1.82, 2.24) is 9.78 Å². The first-order chi connectivity index (χ1) is 8.71. The Kier molecular flexibility index (Phi) is 3.81. The Balaban J connectivity index is 2.54. The minimum Gasteiger partial charge on any atom is -0.268 e. The summed E-state index contributed by atoms with van der Waals surface area (Å²) in [7, 11) is 0. The summed E-state index contributed by atoms with van der Waals surface area (Å²) in [5.74, 6) is 1.94. The highest BCUT2D eigenvalue weighted by Crippen LogP contribution is 2.38. The van der Waals surface area contributed by atoms with Crippen molar-refractivity contribution in [1.29, 1.82) is 0 Å². The zero-order valence-electron chi connectivity index (χ0n) is 13.7. The van der Waals surface area contributed by atoms with Crippen LogP contribution in [-0.2, 0) is 12.0 Å². The van der Waals surface area contributed by atoms with E-state index in [1.54, 1.807) is 0 Å². The van der Waals surface area contributed by atoms with Crippen molar-refractivity contribution in [3.8, 4) is 0 Å². The van der Waals surface area contributed by atoms with Crippen LogP contribution in [0.2, 0.25) is 0 Å². The lowest BCUT2D eigenvalue weighted by molar-refractivity contribution is 0.511. The van der Waals surface area contributed by atoms with Gasteiger partial charge >= 0.3 is 0 Å². The van der Waals surface area contributed by atoms with Crippen LogP contribution in [0.3, 0.4) is 0 Å². The molecule has 108 valence electrons. The van der Waals surface area contributed by atoms with E-state index in [1.807, 2.05) is 0 Å². The molecule has 0 bridgehead atoms. The highest BCUT2D eigenvalue weighted by Gasteiger charge is 2.32. The lowest BCUT2D eigenvalue weighted by Gasteiger charge is -2.24. The Morgan fingerprint density at radius 2 is 1.68 bits per heavy atom. The van der Waals surface area contributed by atoms with Gasteiger partial charge in [0.25, 0.3) is 0 Å². The average molecular weight is 262 g/mol. The van der Waals surface area contributed by atoms with E-state index in [1.165, 1.54) is 29.8 Å². The first kappa shape index (κ1) is 14.6. The third kappa shape index (κ3) is 3.04. The maximum absolute atomic E-state index is 4.99. The maximum Gasteiger partial charge on any atom is 0.0690 e. The van der Waals surface area contributed by atoms with Crippen LogP contribution in [0.1, 0.15) is 90.1 Å². The van der Waals surface area contributed by atoms with Gasteiger partial charge in [0.15, 0.2) is 0 Å². The molecule has 1 fully saturated rings. The summed E-state index contributed by atoms with van der Waals surface area (Å²) in [6.45, 7) is 17.2. The van der Waals surface area contributed by atoms with E-state index >= 15 is 0 Å². The third-order valence-electron chi connectivity index (χ3n) is 3.99. The summed E-state index contributed by atoms with van der Waals surface area (Å²) in [4.78, 5) is 0. The molecule has 1 aromatic rings. The smallest absolute Gasteiger partial charge is 0.0690 e. The summed E-state index contributed by atoms with van der Waals surface area (Å²) in [5, 5.41) is 4.99. The van der Waals surface area contributed by atoms with Crippen molar-refractivity contribution in [3.63, 3.8) is 0 Å². The van der Waals surface area contributed by atoms with Gasteiger partial charge in [0.2, 0.25) is 0 Å². The fourth-order valence-electron chi connectivity index (χ4n) is 2.94. The normalized spacial score (nSPS) is 16.7. The minimum atomic E-state index is 0.182. The Morgan fingerprint density at radius 1 is 1.11 bits per heavy atom. The molecule has 1 saturated carbocycles. The molecule has 2 heteroatoms. The van der Waals surface area contributed by atoms with Gasteiger partial charge < -0.3 is 0 Å². The Morgan fingerprint density at radius 3 is 2.05 bits per heavy atom. The van der Waals surface area contributed by atoms with Gasteiger partial charge in [0.05, 0.1) is 5.69 Å². The number of nitrogens with zero attached hydrogens (tertiary/aromatic N) is 2. The lowest BCUT2D eigenvalue weighted by Crippen LogP contribution is -2.18. The molecule has 0 amide bonds. The van der Waals surface area contributed by atoms with Crippen molar-refractivity contribution >= 4 is 0 Å². The highest BCUT2D eigenvalue weighted by atomic mass is 15.3. The van der Waals surface area contributed by atoms with Crippen molar-refractivity contribution < 1.29 is 0 Å². The summed E-state index contributed by atoms with van der Waals surface area (Å²) in [6, 6.07) is 0. The van der Waals surface area contributed by atoms with E-state index in [0.29, 0.717) is 11.8 Å². The third-order valence-corrected chi connectivity index (χ3v) is 3.99. The quantitative estimate of drug-likeness (QED) is 0.759. The average Bonchev–Trinajstić information content (AvgIpc) is 2.93. The molecule has 1 heterocycles. The van der Waals surface area contributed by atoms with Crippen molar-refractivity contribution in [2.75, 3.05) is 0 Å². The van der Waals surface area contributed by atoms with Gasteiger partial charge in [-0.3, -0.25) is 4.68 Å². The van der Waals surface area contributed by atoms with Gasteiger partial charge in [-0.05, 0) is 36.0 Å². The predicted molar refractivity (Wildman–Crippen MR) is 81.8 cm³/mol. The predicted octanol–water partition coefficient (Wildman–Crippen LogP) is 4.84. The molecule has 2 rings (SSSR count). The van der Waals surface area contributed by atoms with Gasteiger partial charge in [-0.1, -0.05) is 48.5 Å². The molecule has 0 N–H and O–H groups in total. The molecule has 19 heavy (non-hydrogen) atoms. The Labute approximate surface area is 118 Å². The largest absolute Gasteiger partial charge is 0.268 e. The van der Waals surface area contributed by atoms with Gasteiger partial charge in [0.1, 0.15) is 0 Å². The van der Waals surface area contributed by atoms with Crippen LogP contribution >= 0.6 is 0 Å². The molecule has 0 unspecified atom stereocenters. The van der Waals surface area contributed by atoms with E-state index in [-0.39, 0.29) is 5.41 Å². The molecular formula is C17H30N2. The molecule has 1 aliphatic carbocycles. The van der Waals surface area contributed by atoms with Crippen molar-refractivity contribution in [2.24, 2.45) is 5.92 Å². The first-order valence-corrected chi connectivity index (χ1v) is 7.82. The number of hydrogen-bond acceptors (Lipinski definition) is 1. The van der Waals surface area contributed by atoms with Gasteiger partial charge in [-0.15, -0.1) is 0 Å². The van der Waals surface area contributed by atoms with Crippen LogP contribution in [0.5, 0.6) is 0 Å².